The number of hydrogen-bond acceptors (Lipinski definition) is 3. The average Bonchev–Trinajstić information content (AvgIpc) is 2.88. The van der Waals surface area contributed by atoms with Gasteiger partial charge in [0.25, 0.3) is 5.91 Å². The van der Waals surface area contributed by atoms with Gasteiger partial charge in [-0.05, 0) is 42.0 Å². The SMILES string of the molecule is CC(C)c1ccc(OCC(=O)N2CCC(C)(CN)C2)cc1. The Balaban J connectivity index is 1.84. The lowest BCUT2D eigenvalue weighted by molar-refractivity contribution is -0.132. The van der Waals surface area contributed by atoms with Crippen LogP contribution in [0.5, 0.6) is 5.75 Å². The maximum absolute atomic E-state index is 12.2. The Morgan fingerprint density at radius 2 is 2.05 bits per heavy atom. The van der Waals surface area contributed by atoms with E-state index in [0.29, 0.717) is 12.5 Å². The molecule has 0 spiro atoms. The average molecular weight is 290 g/mol. The van der Waals surface area contributed by atoms with Crippen LogP contribution in [0, 0.1) is 5.41 Å². The first-order valence-corrected chi connectivity index (χ1v) is 7.64. The second-order valence-electron chi connectivity index (χ2n) is 6.59. The van der Waals surface area contributed by atoms with Crippen molar-refractivity contribution < 1.29 is 9.53 Å². The van der Waals surface area contributed by atoms with Crippen molar-refractivity contribution >= 4 is 5.91 Å². The third kappa shape index (κ3) is 3.97. The second kappa shape index (κ2) is 6.48. The predicted octanol–water partition coefficient (Wildman–Crippen LogP) is 2.39. The van der Waals surface area contributed by atoms with E-state index in [2.05, 4.69) is 20.8 Å². The van der Waals surface area contributed by atoms with Crippen LogP contribution in [-0.2, 0) is 4.79 Å². The number of likely N-dealkylation sites (tertiary alicyclic amines) is 1. The normalized spacial score (nSPS) is 21.9. The van der Waals surface area contributed by atoms with Crippen molar-refractivity contribution in [2.45, 2.75) is 33.1 Å². The van der Waals surface area contributed by atoms with Crippen molar-refractivity contribution in [3.05, 3.63) is 29.8 Å². The molecular formula is C17H26N2O2. The minimum atomic E-state index is 0.0418. The topological polar surface area (TPSA) is 55.6 Å². The molecule has 1 heterocycles. The fraction of sp³-hybridized carbons (Fsp3) is 0.588. The molecule has 1 aromatic rings. The van der Waals surface area contributed by atoms with E-state index >= 15 is 0 Å². The Morgan fingerprint density at radius 3 is 2.57 bits per heavy atom. The lowest BCUT2D eigenvalue weighted by Crippen LogP contribution is -2.36. The summed E-state index contributed by atoms with van der Waals surface area (Å²) in [6, 6.07) is 7.95. The molecule has 4 nitrogen and oxygen atoms in total. The number of rotatable bonds is 5. The molecule has 1 aliphatic heterocycles. The first-order chi connectivity index (χ1) is 9.93. The number of ether oxygens (including phenoxy) is 1. The van der Waals surface area contributed by atoms with Gasteiger partial charge in [0.15, 0.2) is 6.61 Å². The Labute approximate surface area is 127 Å². The van der Waals surface area contributed by atoms with Crippen LogP contribution in [0.15, 0.2) is 24.3 Å². The fourth-order valence-corrected chi connectivity index (χ4v) is 2.59. The highest BCUT2D eigenvalue weighted by atomic mass is 16.5. The summed E-state index contributed by atoms with van der Waals surface area (Å²) in [5, 5.41) is 0. The van der Waals surface area contributed by atoms with Gasteiger partial charge in [0, 0.05) is 13.1 Å². The molecule has 1 atom stereocenters. The minimum absolute atomic E-state index is 0.0418. The molecule has 1 saturated heterocycles. The maximum atomic E-state index is 12.2. The zero-order valence-electron chi connectivity index (χ0n) is 13.3. The van der Waals surface area contributed by atoms with Gasteiger partial charge in [-0.15, -0.1) is 0 Å². The monoisotopic (exact) mass is 290 g/mol. The molecule has 21 heavy (non-hydrogen) atoms. The van der Waals surface area contributed by atoms with E-state index in [-0.39, 0.29) is 17.9 Å². The zero-order chi connectivity index (χ0) is 15.5. The van der Waals surface area contributed by atoms with Gasteiger partial charge in [-0.1, -0.05) is 32.9 Å². The van der Waals surface area contributed by atoms with Crippen LogP contribution in [0.25, 0.3) is 0 Å². The van der Waals surface area contributed by atoms with Gasteiger partial charge in [-0.3, -0.25) is 4.79 Å². The highest BCUT2D eigenvalue weighted by Crippen LogP contribution is 2.28. The summed E-state index contributed by atoms with van der Waals surface area (Å²) in [6.07, 6.45) is 0.971. The van der Waals surface area contributed by atoms with Crippen LogP contribution in [0.1, 0.15) is 38.7 Å². The van der Waals surface area contributed by atoms with Crippen molar-refractivity contribution in [2.24, 2.45) is 11.1 Å². The van der Waals surface area contributed by atoms with Gasteiger partial charge in [0.05, 0.1) is 0 Å². The van der Waals surface area contributed by atoms with Crippen molar-refractivity contribution in [1.82, 2.24) is 4.90 Å². The molecule has 0 saturated carbocycles. The smallest absolute Gasteiger partial charge is 0.260 e. The maximum Gasteiger partial charge on any atom is 0.260 e. The van der Waals surface area contributed by atoms with Crippen LogP contribution in [0.2, 0.25) is 0 Å². The second-order valence-corrected chi connectivity index (χ2v) is 6.59. The molecule has 2 N–H and O–H groups in total. The molecule has 1 aliphatic rings. The number of benzene rings is 1. The summed E-state index contributed by atoms with van der Waals surface area (Å²) < 4.78 is 5.59. The molecular weight excluding hydrogens is 264 g/mol. The molecule has 1 unspecified atom stereocenters. The molecule has 0 radical (unpaired) electrons. The summed E-state index contributed by atoms with van der Waals surface area (Å²) >= 11 is 0. The number of amides is 1. The fourth-order valence-electron chi connectivity index (χ4n) is 2.59. The van der Waals surface area contributed by atoms with E-state index in [0.717, 1.165) is 25.3 Å². The van der Waals surface area contributed by atoms with Crippen molar-refractivity contribution in [3.8, 4) is 5.75 Å². The summed E-state index contributed by atoms with van der Waals surface area (Å²) in [7, 11) is 0. The molecule has 1 aromatic carbocycles. The van der Waals surface area contributed by atoms with Crippen molar-refractivity contribution in [3.63, 3.8) is 0 Å². The summed E-state index contributed by atoms with van der Waals surface area (Å²) in [5.41, 5.74) is 7.10. The molecule has 2 rings (SSSR count). The van der Waals surface area contributed by atoms with Gasteiger partial charge in [0.1, 0.15) is 5.75 Å². The van der Waals surface area contributed by atoms with E-state index in [1.807, 2.05) is 29.2 Å². The highest BCUT2D eigenvalue weighted by molar-refractivity contribution is 5.78. The van der Waals surface area contributed by atoms with Gasteiger partial charge in [0.2, 0.25) is 0 Å². The van der Waals surface area contributed by atoms with Gasteiger partial charge >= 0.3 is 0 Å². The minimum Gasteiger partial charge on any atom is -0.484 e. The van der Waals surface area contributed by atoms with E-state index in [4.69, 9.17) is 10.5 Å². The zero-order valence-corrected chi connectivity index (χ0v) is 13.3. The number of nitrogens with zero attached hydrogens (tertiary/aromatic N) is 1. The Bertz CT molecular complexity index is 484. The largest absolute Gasteiger partial charge is 0.484 e. The number of carbonyl (C=O) groups is 1. The van der Waals surface area contributed by atoms with E-state index in [1.165, 1.54) is 5.56 Å². The summed E-state index contributed by atoms with van der Waals surface area (Å²) in [6.45, 7) is 8.67. The number of carbonyl (C=O) groups excluding carboxylic acids is 1. The van der Waals surface area contributed by atoms with E-state index in [9.17, 15) is 4.79 Å². The molecule has 0 bridgehead atoms. The standard InChI is InChI=1S/C17H26N2O2/c1-13(2)14-4-6-15(7-5-14)21-10-16(20)19-9-8-17(3,11-18)12-19/h4-7,13H,8-12,18H2,1-3H3. The van der Waals surface area contributed by atoms with E-state index in [1.54, 1.807) is 0 Å². The third-order valence-electron chi connectivity index (χ3n) is 4.31. The lowest BCUT2D eigenvalue weighted by atomic mass is 9.90. The molecule has 4 heteroatoms. The highest BCUT2D eigenvalue weighted by Gasteiger charge is 2.34. The Hall–Kier alpha value is -1.55. The van der Waals surface area contributed by atoms with Crippen LogP contribution < -0.4 is 10.5 Å². The van der Waals surface area contributed by atoms with Crippen molar-refractivity contribution in [1.29, 1.82) is 0 Å². The Kier molecular flexibility index (Phi) is 4.88. The quantitative estimate of drug-likeness (QED) is 0.906. The molecule has 1 fully saturated rings. The van der Waals surface area contributed by atoms with Crippen LogP contribution in [0.4, 0.5) is 0 Å². The third-order valence-corrected chi connectivity index (χ3v) is 4.31. The molecule has 1 amide bonds. The predicted molar refractivity (Wildman–Crippen MR) is 84.4 cm³/mol. The first-order valence-electron chi connectivity index (χ1n) is 7.64. The van der Waals surface area contributed by atoms with Crippen LogP contribution in [0.3, 0.4) is 0 Å². The lowest BCUT2D eigenvalue weighted by Gasteiger charge is -2.22. The van der Waals surface area contributed by atoms with Crippen molar-refractivity contribution in [2.75, 3.05) is 26.2 Å². The molecule has 0 aromatic heterocycles. The van der Waals surface area contributed by atoms with E-state index < -0.39 is 0 Å². The van der Waals surface area contributed by atoms with Gasteiger partial charge in [-0.25, -0.2) is 0 Å². The van der Waals surface area contributed by atoms with Crippen LogP contribution >= 0.6 is 0 Å². The van der Waals surface area contributed by atoms with Crippen LogP contribution in [-0.4, -0.2) is 37.0 Å². The summed E-state index contributed by atoms with van der Waals surface area (Å²) in [5.74, 6) is 1.29. The summed E-state index contributed by atoms with van der Waals surface area (Å²) in [4.78, 5) is 14.0. The molecule has 0 aliphatic carbocycles. The number of hydrogen-bond donors (Lipinski definition) is 1. The molecule has 116 valence electrons. The Morgan fingerprint density at radius 1 is 1.38 bits per heavy atom. The van der Waals surface area contributed by atoms with Gasteiger partial charge < -0.3 is 15.4 Å². The first kappa shape index (κ1) is 15.8. The van der Waals surface area contributed by atoms with Gasteiger partial charge in [-0.2, -0.15) is 0 Å². The number of nitrogens with two attached hydrogens (primary N) is 1.